The molecule has 4 nitrogen and oxygen atoms in total. The van der Waals surface area contributed by atoms with Crippen molar-refractivity contribution in [1.82, 2.24) is 4.90 Å². The number of hydrogen-bond acceptors (Lipinski definition) is 4. The van der Waals surface area contributed by atoms with Gasteiger partial charge in [-0.25, -0.2) is 0 Å². The van der Waals surface area contributed by atoms with Crippen molar-refractivity contribution in [1.29, 1.82) is 0 Å². The molecule has 1 unspecified atom stereocenters. The Balaban J connectivity index is 1.95. The number of rotatable bonds is 4. The van der Waals surface area contributed by atoms with Crippen LogP contribution in [-0.2, 0) is 4.74 Å². The second-order valence-corrected chi connectivity index (χ2v) is 5.88. The summed E-state index contributed by atoms with van der Waals surface area (Å²) < 4.78 is 11.8. The van der Waals surface area contributed by atoms with Crippen LogP contribution in [0, 0.1) is 13.8 Å². The molecule has 2 N–H and O–H groups in total. The molecular formula is C16H26N2O2. The maximum absolute atomic E-state index is 5.98. The SMILES string of the molecule is Cc1cc(N)cc(C)c1OCC1CN(C(C)C)CCO1. The van der Waals surface area contributed by atoms with Crippen molar-refractivity contribution in [2.24, 2.45) is 0 Å². The van der Waals surface area contributed by atoms with Gasteiger partial charge in [-0.1, -0.05) is 0 Å². The summed E-state index contributed by atoms with van der Waals surface area (Å²) in [6.45, 7) is 11.8. The molecule has 1 fully saturated rings. The normalized spacial score (nSPS) is 20.4. The van der Waals surface area contributed by atoms with Gasteiger partial charge in [0.15, 0.2) is 0 Å². The van der Waals surface area contributed by atoms with E-state index in [4.69, 9.17) is 15.2 Å². The predicted octanol–water partition coefficient (Wildman–Crippen LogP) is 2.37. The minimum atomic E-state index is 0.141. The van der Waals surface area contributed by atoms with Crippen molar-refractivity contribution in [2.75, 3.05) is 32.0 Å². The van der Waals surface area contributed by atoms with E-state index >= 15 is 0 Å². The van der Waals surface area contributed by atoms with Gasteiger partial charge in [0, 0.05) is 24.8 Å². The molecule has 0 aromatic heterocycles. The van der Waals surface area contributed by atoms with Gasteiger partial charge in [-0.2, -0.15) is 0 Å². The van der Waals surface area contributed by atoms with Crippen LogP contribution < -0.4 is 10.5 Å². The third kappa shape index (κ3) is 3.64. The maximum atomic E-state index is 5.98. The molecule has 1 atom stereocenters. The van der Waals surface area contributed by atoms with E-state index in [1.807, 2.05) is 26.0 Å². The average molecular weight is 278 g/mol. The van der Waals surface area contributed by atoms with Crippen LogP contribution in [0.4, 0.5) is 5.69 Å². The number of hydrogen-bond donors (Lipinski definition) is 1. The summed E-state index contributed by atoms with van der Waals surface area (Å²) in [5.74, 6) is 0.935. The lowest BCUT2D eigenvalue weighted by Gasteiger charge is -2.35. The molecule has 0 amide bonds. The van der Waals surface area contributed by atoms with E-state index in [1.54, 1.807) is 0 Å². The fourth-order valence-corrected chi connectivity index (χ4v) is 2.70. The number of anilines is 1. The fourth-order valence-electron chi connectivity index (χ4n) is 2.70. The Morgan fingerprint density at radius 2 is 2.00 bits per heavy atom. The Bertz CT molecular complexity index is 437. The van der Waals surface area contributed by atoms with E-state index in [0.29, 0.717) is 12.6 Å². The summed E-state index contributed by atoms with van der Waals surface area (Å²) in [5, 5.41) is 0. The van der Waals surface area contributed by atoms with Crippen LogP contribution in [0.5, 0.6) is 5.75 Å². The zero-order chi connectivity index (χ0) is 14.7. The summed E-state index contributed by atoms with van der Waals surface area (Å²) in [5.41, 5.74) is 8.78. The maximum Gasteiger partial charge on any atom is 0.125 e. The number of nitrogen functional groups attached to an aromatic ring is 1. The van der Waals surface area contributed by atoms with Crippen molar-refractivity contribution in [3.63, 3.8) is 0 Å². The molecule has 0 radical (unpaired) electrons. The zero-order valence-corrected chi connectivity index (χ0v) is 13.0. The van der Waals surface area contributed by atoms with Gasteiger partial charge in [-0.3, -0.25) is 4.90 Å². The monoisotopic (exact) mass is 278 g/mol. The highest BCUT2D eigenvalue weighted by Crippen LogP contribution is 2.26. The average Bonchev–Trinajstić information content (AvgIpc) is 2.37. The van der Waals surface area contributed by atoms with Crippen LogP contribution in [-0.4, -0.2) is 43.3 Å². The van der Waals surface area contributed by atoms with Crippen LogP contribution in [0.25, 0.3) is 0 Å². The van der Waals surface area contributed by atoms with E-state index in [9.17, 15) is 0 Å². The summed E-state index contributed by atoms with van der Waals surface area (Å²) in [7, 11) is 0. The van der Waals surface area contributed by atoms with Crippen molar-refractivity contribution in [3.8, 4) is 5.75 Å². The first-order valence-corrected chi connectivity index (χ1v) is 7.32. The van der Waals surface area contributed by atoms with Crippen molar-refractivity contribution >= 4 is 5.69 Å². The number of nitrogens with zero attached hydrogens (tertiary/aromatic N) is 1. The number of morpholine rings is 1. The van der Waals surface area contributed by atoms with Crippen LogP contribution in [0.15, 0.2) is 12.1 Å². The van der Waals surface area contributed by atoms with Gasteiger partial charge in [-0.05, 0) is 51.0 Å². The lowest BCUT2D eigenvalue weighted by atomic mass is 10.1. The summed E-state index contributed by atoms with van der Waals surface area (Å²) in [6, 6.07) is 4.45. The van der Waals surface area contributed by atoms with Crippen molar-refractivity contribution in [2.45, 2.75) is 39.8 Å². The van der Waals surface area contributed by atoms with Gasteiger partial charge < -0.3 is 15.2 Å². The van der Waals surface area contributed by atoms with Crippen LogP contribution in [0.3, 0.4) is 0 Å². The largest absolute Gasteiger partial charge is 0.490 e. The first kappa shape index (κ1) is 15.1. The molecule has 0 aliphatic carbocycles. The highest BCUT2D eigenvalue weighted by Gasteiger charge is 2.23. The molecule has 1 aliphatic rings. The summed E-state index contributed by atoms with van der Waals surface area (Å²) in [6.07, 6.45) is 0.141. The minimum absolute atomic E-state index is 0.141. The number of aryl methyl sites for hydroxylation is 2. The first-order valence-electron chi connectivity index (χ1n) is 7.32. The van der Waals surface area contributed by atoms with Crippen LogP contribution in [0.1, 0.15) is 25.0 Å². The summed E-state index contributed by atoms with van der Waals surface area (Å²) in [4.78, 5) is 2.43. The highest BCUT2D eigenvalue weighted by atomic mass is 16.5. The number of benzene rings is 1. The molecule has 1 aromatic carbocycles. The molecule has 2 rings (SSSR count). The molecular weight excluding hydrogens is 252 g/mol. The van der Waals surface area contributed by atoms with Gasteiger partial charge in [0.25, 0.3) is 0 Å². The van der Waals surface area contributed by atoms with E-state index in [1.165, 1.54) is 0 Å². The Kier molecular flexibility index (Phi) is 4.89. The third-order valence-electron chi connectivity index (χ3n) is 3.80. The molecule has 1 heterocycles. The fraction of sp³-hybridized carbons (Fsp3) is 0.625. The molecule has 1 aromatic rings. The molecule has 4 heteroatoms. The molecule has 0 bridgehead atoms. The second kappa shape index (κ2) is 6.46. The van der Waals surface area contributed by atoms with Crippen molar-refractivity contribution in [3.05, 3.63) is 23.3 Å². The quantitative estimate of drug-likeness (QED) is 0.859. The van der Waals surface area contributed by atoms with Gasteiger partial charge in [0.05, 0.1) is 6.61 Å². The molecule has 1 saturated heterocycles. The second-order valence-electron chi connectivity index (χ2n) is 5.88. The minimum Gasteiger partial charge on any atom is -0.490 e. The lowest BCUT2D eigenvalue weighted by molar-refractivity contribution is -0.0566. The number of ether oxygens (including phenoxy) is 2. The Labute approximate surface area is 121 Å². The van der Waals surface area contributed by atoms with Crippen LogP contribution >= 0.6 is 0 Å². The zero-order valence-electron chi connectivity index (χ0n) is 13.0. The Hall–Kier alpha value is -1.26. The standard InChI is InChI=1S/C16H26N2O2/c1-11(2)18-5-6-19-15(9-18)10-20-16-12(3)7-14(17)8-13(16)4/h7-8,11,15H,5-6,9-10,17H2,1-4H3. The van der Waals surface area contributed by atoms with Gasteiger partial charge in [0.2, 0.25) is 0 Å². The van der Waals surface area contributed by atoms with E-state index < -0.39 is 0 Å². The van der Waals surface area contributed by atoms with E-state index in [-0.39, 0.29) is 6.10 Å². The van der Waals surface area contributed by atoms with E-state index in [2.05, 4.69) is 18.7 Å². The van der Waals surface area contributed by atoms with Gasteiger partial charge >= 0.3 is 0 Å². The first-order chi connectivity index (χ1) is 9.47. The molecule has 0 spiro atoms. The topological polar surface area (TPSA) is 47.7 Å². The predicted molar refractivity (Wildman–Crippen MR) is 82.3 cm³/mol. The Morgan fingerprint density at radius 1 is 1.35 bits per heavy atom. The van der Waals surface area contributed by atoms with Gasteiger partial charge in [-0.15, -0.1) is 0 Å². The third-order valence-corrected chi connectivity index (χ3v) is 3.80. The molecule has 112 valence electrons. The molecule has 1 aliphatic heterocycles. The van der Waals surface area contributed by atoms with Gasteiger partial charge in [0.1, 0.15) is 18.5 Å². The lowest BCUT2D eigenvalue weighted by Crippen LogP contribution is -2.47. The van der Waals surface area contributed by atoms with E-state index in [0.717, 1.165) is 42.3 Å². The summed E-state index contributed by atoms with van der Waals surface area (Å²) >= 11 is 0. The van der Waals surface area contributed by atoms with Crippen LogP contribution in [0.2, 0.25) is 0 Å². The smallest absolute Gasteiger partial charge is 0.125 e. The Morgan fingerprint density at radius 3 is 2.60 bits per heavy atom. The molecule has 20 heavy (non-hydrogen) atoms. The molecule has 0 saturated carbocycles. The number of nitrogens with two attached hydrogens (primary N) is 1. The highest BCUT2D eigenvalue weighted by molar-refractivity contribution is 5.52. The van der Waals surface area contributed by atoms with Crippen molar-refractivity contribution < 1.29 is 9.47 Å².